The summed E-state index contributed by atoms with van der Waals surface area (Å²) in [6, 6.07) is 4.81. The molecule has 0 saturated heterocycles. The molecular weight excluding hydrogens is 272 g/mol. The number of nitrogens with zero attached hydrogens (tertiary/aromatic N) is 1. The van der Waals surface area contributed by atoms with E-state index < -0.39 is 5.97 Å². The van der Waals surface area contributed by atoms with Gasteiger partial charge in [-0.15, -0.1) is 0 Å². The number of halogens is 3. The Kier molecular flexibility index (Phi) is 2.93. The first-order valence-corrected chi connectivity index (χ1v) is 5.31. The summed E-state index contributed by atoms with van der Waals surface area (Å²) >= 11 is 17.5. The molecule has 0 aliphatic carbocycles. The van der Waals surface area contributed by atoms with E-state index in [-0.39, 0.29) is 15.7 Å². The maximum Gasteiger partial charge on any atom is 0.340 e. The maximum atomic E-state index is 10.9. The van der Waals surface area contributed by atoms with Crippen LogP contribution in [0.4, 0.5) is 0 Å². The number of hydrogen-bond donors (Lipinski definition) is 1. The normalized spacial score (nSPS) is 10.7. The molecule has 1 aromatic heterocycles. The van der Waals surface area contributed by atoms with E-state index >= 15 is 0 Å². The summed E-state index contributed by atoms with van der Waals surface area (Å²) in [7, 11) is 0. The van der Waals surface area contributed by atoms with E-state index in [0.29, 0.717) is 15.9 Å². The van der Waals surface area contributed by atoms with Gasteiger partial charge in [0.15, 0.2) is 0 Å². The van der Waals surface area contributed by atoms with Gasteiger partial charge in [-0.05, 0) is 18.2 Å². The van der Waals surface area contributed by atoms with E-state index in [4.69, 9.17) is 39.9 Å². The first-order chi connectivity index (χ1) is 7.50. The number of pyridine rings is 1. The second-order valence-corrected chi connectivity index (χ2v) is 4.23. The summed E-state index contributed by atoms with van der Waals surface area (Å²) in [6.07, 6.45) is 0. The molecule has 6 heteroatoms. The van der Waals surface area contributed by atoms with Gasteiger partial charge < -0.3 is 5.11 Å². The number of aromatic nitrogens is 1. The third kappa shape index (κ3) is 1.82. The number of aromatic carboxylic acids is 1. The molecule has 0 radical (unpaired) electrons. The Bertz CT molecular complexity index is 598. The Morgan fingerprint density at radius 1 is 1.25 bits per heavy atom. The second kappa shape index (κ2) is 4.09. The molecule has 0 atom stereocenters. The van der Waals surface area contributed by atoms with E-state index in [1.807, 2.05) is 0 Å². The van der Waals surface area contributed by atoms with Gasteiger partial charge in [-0.25, -0.2) is 9.78 Å². The Morgan fingerprint density at radius 2 is 1.94 bits per heavy atom. The van der Waals surface area contributed by atoms with E-state index in [1.54, 1.807) is 18.2 Å². The Labute approximate surface area is 106 Å². The molecule has 0 amide bonds. The van der Waals surface area contributed by atoms with Crippen LogP contribution < -0.4 is 0 Å². The molecule has 2 aromatic rings. The van der Waals surface area contributed by atoms with Crippen molar-refractivity contribution in [2.75, 3.05) is 0 Å². The zero-order valence-corrected chi connectivity index (χ0v) is 9.94. The summed E-state index contributed by atoms with van der Waals surface area (Å²) in [6.45, 7) is 0. The van der Waals surface area contributed by atoms with Crippen LogP contribution in [0.15, 0.2) is 18.2 Å². The third-order valence-corrected chi connectivity index (χ3v) is 2.95. The fourth-order valence-corrected chi connectivity index (χ4v) is 2.16. The zero-order chi connectivity index (χ0) is 11.9. The molecule has 82 valence electrons. The van der Waals surface area contributed by atoms with E-state index in [9.17, 15) is 4.79 Å². The Balaban J connectivity index is 2.90. The lowest BCUT2D eigenvalue weighted by molar-refractivity contribution is 0.0697. The van der Waals surface area contributed by atoms with Gasteiger partial charge in [0.25, 0.3) is 0 Å². The van der Waals surface area contributed by atoms with Crippen molar-refractivity contribution in [2.45, 2.75) is 0 Å². The number of rotatable bonds is 1. The van der Waals surface area contributed by atoms with Crippen LogP contribution in [0.1, 0.15) is 10.4 Å². The largest absolute Gasteiger partial charge is 0.478 e. The average Bonchev–Trinajstić information content (AvgIpc) is 2.19. The summed E-state index contributed by atoms with van der Waals surface area (Å²) in [5.74, 6) is -1.22. The van der Waals surface area contributed by atoms with Gasteiger partial charge >= 0.3 is 5.97 Å². The lowest BCUT2D eigenvalue weighted by Crippen LogP contribution is -2.01. The van der Waals surface area contributed by atoms with Gasteiger partial charge in [-0.3, -0.25) is 0 Å². The molecule has 0 saturated carbocycles. The highest BCUT2D eigenvalue weighted by atomic mass is 35.5. The molecule has 0 unspecified atom stereocenters. The summed E-state index contributed by atoms with van der Waals surface area (Å²) < 4.78 is 0. The van der Waals surface area contributed by atoms with Crippen LogP contribution in [-0.2, 0) is 0 Å². The lowest BCUT2D eigenvalue weighted by Gasteiger charge is -2.06. The minimum Gasteiger partial charge on any atom is -0.478 e. The van der Waals surface area contributed by atoms with Crippen LogP contribution in [0, 0.1) is 0 Å². The number of benzene rings is 1. The maximum absolute atomic E-state index is 10.9. The SMILES string of the molecule is O=C(O)c1c(Cl)nc2ccc(Cl)cc2c1Cl. The lowest BCUT2D eigenvalue weighted by atomic mass is 10.1. The van der Waals surface area contributed by atoms with E-state index in [0.717, 1.165) is 0 Å². The molecule has 0 bridgehead atoms. The summed E-state index contributed by atoms with van der Waals surface area (Å²) in [5.41, 5.74) is 0.294. The quantitative estimate of drug-likeness (QED) is 0.804. The van der Waals surface area contributed by atoms with Gasteiger partial charge in [0.1, 0.15) is 10.7 Å². The fraction of sp³-hybridized carbons (Fsp3) is 0. The standard InChI is InChI=1S/C10H4Cl3NO2/c11-4-1-2-6-5(3-4)8(12)7(10(15)16)9(13)14-6/h1-3H,(H,15,16). The van der Waals surface area contributed by atoms with Crippen LogP contribution >= 0.6 is 34.8 Å². The summed E-state index contributed by atoms with van der Waals surface area (Å²) in [5, 5.41) is 9.77. The third-order valence-electron chi connectivity index (χ3n) is 2.05. The smallest absolute Gasteiger partial charge is 0.340 e. The topological polar surface area (TPSA) is 50.2 Å². The van der Waals surface area contributed by atoms with Gasteiger partial charge in [0.2, 0.25) is 0 Å². The molecular formula is C10H4Cl3NO2. The highest BCUT2D eigenvalue weighted by Gasteiger charge is 2.18. The molecule has 16 heavy (non-hydrogen) atoms. The molecule has 0 fully saturated rings. The van der Waals surface area contributed by atoms with Crippen molar-refractivity contribution in [2.24, 2.45) is 0 Å². The van der Waals surface area contributed by atoms with Crippen molar-refractivity contribution in [3.05, 3.63) is 39.0 Å². The van der Waals surface area contributed by atoms with Crippen molar-refractivity contribution >= 4 is 51.7 Å². The van der Waals surface area contributed by atoms with Gasteiger partial charge in [-0.2, -0.15) is 0 Å². The van der Waals surface area contributed by atoms with E-state index in [2.05, 4.69) is 4.98 Å². The first kappa shape index (κ1) is 11.5. The predicted octanol–water partition coefficient (Wildman–Crippen LogP) is 3.89. The monoisotopic (exact) mass is 275 g/mol. The fourth-order valence-electron chi connectivity index (χ4n) is 1.35. The van der Waals surface area contributed by atoms with Crippen molar-refractivity contribution in [3.8, 4) is 0 Å². The van der Waals surface area contributed by atoms with Gasteiger partial charge in [-0.1, -0.05) is 34.8 Å². The molecule has 3 nitrogen and oxygen atoms in total. The number of carboxylic acids is 1. The molecule has 0 aliphatic heterocycles. The zero-order valence-electron chi connectivity index (χ0n) is 7.67. The predicted molar refractivity (Wildman–Crippen MR) is 63.7 cm³/mol. The number of hydrogen-bond acceptors (Lipinski definition) is 2. The van der Waals surface area contributed by atoms with Crippen LogP contribution in [0.3, 0.4) is 0 Å². The van der Waals surface area contributed by atoms with Gasteiger partial charge in [0, 0.05) is 10.4 Å². The van der Waals surface area contributed by atoms with E-state index in [1.165, 1.54) is 0 Å². The van der Waals surface area contributed by atoms with Crippen molar-refractivity contribution in [1.29, 1.82) is 0 Å². The molecule has 2 rings (SSSR count). The molecule has 0 spiro atoms. The van der Waals surface area contributed by atoms with Crippen LogP contribution in [0.25, 0.3) is 10.9 Å². The van der Waals surface area contributed by atoms with Crippen LogP contribution in [0.2, 0.25) is 15.2 Å². The minimum absolute atomic E-state index is 0.0463. The van der Waals surface area contributed by atoms with Crippen molar-refractivity contribution in [1.82, 2.24) is 4.98 Å². The Hall–Kier alpha value is -1.03. The summed E-state index contributed by atoms with van der Waals surface area (Å²) in [4.78, 5) is 14.9. The molecule has 0 aliphatic rings. The number of carbonyl (C=O) groups is 1. The number of carboxylic acid groups (broad SMARTS) is 1. The average molecular weight is 277 g/mol. The van der Waals surface area contributed by atoms with Crippen molar-refractivity contribution in [3.63, 3.8) is 0 Å². The van der Waals surface area contributed by atoms with Gasteiger partial charge in [0.05, 0.1) is 10.5 Å². The Morgan fingerprint density at radius 3 is 2.56 bits per heavy atom. The molecule has 1 heterocycles. The first-order valence-electron chi connectivity index (χ1n) is 4.18. The second-order valence-electron chi connectivity index (χ2n) is 3.06. The molecule has 1 N–H and O–H groups in total. The number of fused-ring (bicyclic) bond motifs is 1. The van der Waals surface area contributed by atoms with Crippen LogP contribution in [-0.4, -0.2) is 16.1 Å². The molecule has 1 aromatic carbocycles. The highest BCUT2D eigenvalue weighted by Crippen LogP contribution is 2.32. The minimum atomic E-state index is -1.22. The van der Waals surface area contributed by atoms with Crippen LogP contribution in [0.5, 0.6) is 0 Å². The van der Waals surface area contributed by atoms with Crippen molar-refractivity contribution < 1.29 is 9.90 Å². The highest BCUT2D eigenvalue weighted by molar-refractivity contribution is 6.42.